The first kappa shape index (κ1) is 21.9. The fraction of sp³-hybridized carbons (Fsp3) is 0.286. The highest BCUT2D eigenvalue weighted by atomic mass is 127. The number of hydrogen-bond acceptors (Lipinski definition) is 3. The summed E-state index contributed by atoms with van der Waals surface area (Å²) in [5.41, 5.74) is 2.55. The summed E-state index contributed by atoms with van der Waals surface area (Å²) in [5.74, 6) is 1.88. The van der Waals surface area contributed by atoms with Crippen molar-refractivity contribution in [3.05, 3.63) is 83.9 Å². The van der Waals surface area contributed by atoms with Crippen LogP contribution in [0, 0.1) is 0 Å². The van der Waals surface area contributed by atoms with Crippen LogP contribution in [0.3, 0.4) is 0 Å². The van der Waals surface area contributed by atoms with Gasteiger partial charge in [-0.05, 0) is 18.1 Å². The molecule has 1 heterocycles. The Labute approximate surface area is 183 Å². The van der Waals surface area contributed by atoms with E-state index in [0.717, 1.165) is 24.9 Å². The fourth-order valence-electron chi connectivity index (χ4n) is 3.06. The van der Waals surface area contributed by atoms with Gasteiger partial charge < -0.3 is 15.2 Å². The number of halogens is 1. The molecule has 0 aliphatic heterocycles. The van der Waals surface area contributed by atoms with Crippen molar-refractivity contribution in [1.29, 1.82) is 0 Å². The first-order valence-electron chi connectivity index (χ1n) is 9.23. The number of guanidine groups is 1. The molecule has 0 saturated carbocycles. The third kappa shape index (κ3) is 5.79. The number of aliphatic imine (C=N–C) groups is 1. The van der Waals surface area contributed by atoms with Crippen LogP contribution in [0.25, 0.3) is 0 Å². The second-order valence-electron chi connectivity index (χ2n) is 6.21. The Morgan fingerprint density at radius 2 is 1.61 bits per heavy atom. The van der Waals surface area contributed by atoms with Crippen molar-refractivity contribution in [1.82, 2.24) is 25.4 Å². The highest BCUT2D eigenvalue weighted by molar-refractivity contribution is 14.0. The smallest absolute Gasteiger partial charge is 0.191 e. The predicted octanol–water partition coefficient (Wildman–Crippen LogP) is 3.41. The standard InChI is InChI=1S/C21H26N6.HI/c1-3-27-16-25-26-20(27)15-24-21(22-2)23-14-19(17-10-6-4-7-11-17)18-12-8-5-9-13-18;/h4-13,16,19H,3,14-15H2,1-2H3,(H2,22,23,24);1H. The third-order valence-corrected chi connectivity index (χ3v) is 4.55. The molecule has 0 aliphatic carbocycles. The van der Waals surface area contributed by atoms with Crippen LogP contribution in [0.5, 0.6) is 0 Å². The molecule has 0 aliphatic rings. The van der Waals surface area contributed by atoms with E-state index in [2.05, 4.69) is 81.3 Å². The average Bonchev–Trinajstić information content (AvgIpc) is 3.19. The van der Waals surface area contributed by atoms with E-state index in [1.165, 1.54) is 11.1 Å². The molecule has 2 N–H and O–H groups in total. The number of aryl methyl sites for hydroxylation is 1. The fourth-order valence-corrected chi connectivity index (χ4v) is 3.06. The van der Waals surface area contributed by atoms with E-state index in [1.54, 1.807) is 13.4 Å². The van der Waals surface area contributed by atoms with Gasteiger partial charge in [0.15, 0.2) is 11.8 Å². The summed E-state index contributed by atoms with van der Waals surface area (Å²) in [6, 6.07) is 21.1. The lowest BCUT2D eigenvalue weighted by molar-refractivity contribution is 0.664. The van der Waals surface area contributed by atoms with E-state index in [1.807, 2.05) is 16.7 Å². The second-order valence-corrected chi connectivity index (χ2v) is 6.21. The molecule has 1 aromatic heterocycles. The highest BCUT2D eigenvalue weighted by Crippen LogP contribution is 2.23. The number of aromatic nitrogens is 3. The minimum Gasteiger partial charge on any atom is -0.355 e. The maximum Gasteiger partial charge on any atom is 0.191 e. The van der Waals surface area contributed by atoms with E-state index >= 15 is 0 Å². The van der Waals surface area contributed by atoms with Gasteiger partial charge in [-0.3, -0.25) is 4.99 Å². The van der Waals surface area contributed by atoms with E-state index in [-0.39, 0.29) is 29.9 Å². The molecule has 3 aromatic rings. The van der Waals surface area contributed by atoms with E-state index < -0.39 is 0 Å². The second kappa shape index (κ2) is 11.4. The van der Waals surface area contributed by atoms with Crippen LogP contribution in [0.4, 0.5) is 0 Å². The van der Waals surface area contributed by atoms with Crippen molar-refractivity contribution in [3.63, 3.8) is 0 Å². The Bertz CT molecular complexity index is 808. The molecule has 0 saturated heterocycles. The van der Waals surface area contributed by atoms with Crippen molar-refractivity contribution in [2.24, 2.45) is 4.99 Å². The van der Waals surface area contributed by atoms with Gasteiger partial charge in [0.25, 0.3) is 0 Å². The Kier molecular flexibility index (Phi) is 8.93. The molecule has 7 heteroatoms. The van der Waals surface area contributed by atoms with Gasteiger partial charge in [0, 0.05) is 26.1 Å². The summed E-state index contributed by atoms with van der Waals surface area (Å²) >= 11 is 0. The number of nitrogens with zero attached hydrogens (tertiary/aromatic N) is 4. The van der Waals surface area contributed by atoms with Crippen molar-refractivity contribution in [2.75, 3.05) is 13.6 Å². The Hall–Kier alpha value is -2.42. The zero-order chi connectivity index (χ0) is 18.9. The van der Waals surface area contributed by atoms with Crippen molar-refractivity contribution in [2.45, 2.75) is 25.9 Å². The zero-order valence-electron chi connectivity index (χ0n) is 16.2. The summed E-state index contributed by atoms with van der Waals surface area (Å²) in [6.07, 6.45) is 1.74. The third-order valence-electron chi connectivity index (χ3n) is 4.55. The Morgan fingerprint density at radius 1 is 1.00 bits per heavy atom. The van der Waals surface area contributed by atoms with Crippen LogP contribution in [0.2, 0.25) is 0 Å². The summed E-state index contributed by atoms with van der Waals surface area (Å²) in [5, 5.41) is 14.9. The summed E-state index contributed by atoms with van der Waals surface area (Å²) in [4.78, 5) is 4.34. The van der Waals surface area contributed by atoms with Crippen molar-refractivity contribution < 1.29 is 0 Å². The number of benzene rings is 2. The van der Waals surface area contributed by atoms with Gasteiger partial charge in [-0.1, -0.05) is 60.7 Å². The van der Waals surface area contributed by atoms with E-state index in [0.29, 0.717) is 6.54 Å². The molecule has 0 bridgehead atoms. The molecule has 3 rings (SSSR count). The van der Waals surface area contributed by atoms with Gasteiger partial charge in [0.05, 0.1) is 6.54 Å². The Morgan fingerprint density at radius 3 is 2.14 bits per heavy atom. The number of nitrogens with one attached hydrogen (secondary N) is 2. The quantitative estimate of drug-likeness (QED) is 0.303. The van der Waals surface area contributed by atoms with Crippen LogP contribution < -0.4 is 10.6 Å². The lowest BCUT2D eigenvalue weighted by atomic mass is 9.91. The summed E-state index contributed by atoms with van der Waals surface area (Å²) < 4.78 is 2.01. The minimum absolute atomic E-state index is 0. The lowest BCUT2D eigenvalue weighted by Crippen LogP contribution is -2.39. The average molecular weight is 490 g/mol. The van der Waals surface area contributed by atoms with Gasteiger partial charge in [-0.25, -0.2) is 0 Å². The molecule has 28 heavy (non-hydrogen) atoms. The Balaban J connectivity index is 0.00000280. The molecule has 2 aromatic carbocycles. The molecular weight excluding hydrogens is 463 g/mol. The van der Waals surface area contributed by atoms with Crippen LogP contribution in [0.15, 0.2) is 72.0 Å². The SMILES string of the molecule is CCn1cnnc1CNC(=NC)NCC(c1ccccc1)c1ccccc1.I. The number of hydrogen-bond donors (Lipinski definition) is 2. The molecule has 6 nitrogen and oxygen atoms in total. The molecule has 0 amide bonds. The minimum atomic E-state index is 0. The monoisotopic (exact) mass is 490 g/mol. The topological polar surface area (TPSA) is 67.1 Å². The maximum atomic E-state index is 4.34. The molecular formula is C21H27IN6. The first-order chi connectivity index (χ1) is 13.3. The largest absolute Gasteiger partial charge is 0.355 e. The molecule has 148 valence electrons. The van der Waals surface area contributed by atoms with Crippen LogP contribution in [-0.4, -0.2) is 34.3 Å². The van der Waals surface area contributed by atoms with Gasteiger partial charge in [-0.15, -0.1) is 34.2 Å². The number of rotatable bonds is 7. The van der Waals surface area contributed by atoms with Gasteiger partial charge in [0.2, 0.25) is 0 Å². The predicted molar refractivity (Wildman–Crippen MR) is 124 cm³/mol. The van der Waals surface area contributed by atoms with Gasteiger partial charge in [0.1, 0.15) is 6.33 Å². The molecule has 0 atom stereocenters. The molecule has 0 fully saturated rings. The first-order valence-corrected chi connectivity index (χ1v) is 9.23. The zero-order valence-corrected chi connectivity index (χ0v) is 18.6. The maximum absolute atomic E-state index is 4.34. The summed E-state index contributed by atoms with van der Waals surface area (Å²) in [7, 11) is 1.78. The van der Waals surface area contributed by atoms with Crippen molar-refractivity contribution >= 4 is 29.9 Å². The van der Waals surface area contributed by atoms with Crippen LogP contribution in [-0.2, 0) is 13.1 Å². The van der Waals surface area contributed by atoms with Gasteiger partial charge >= 0.3 is 0 Å². The van der Waals surface area contributed by atoms with E-state index in [9.17, 15) is 0 Å². The van der Waals surface area contributed by atoms with E-state index in [4.69, 9.17) is 0 Å². The summed E-state index contributed by atoms with van der Waals surface area (Å²) in [6.45, 7) is 4.24. The lowest BCUT2D eigenvalue weighted by Gasteiger charge is -2.20. The molecule has 0 unspecified atom stereocenters. The highest BCUT2D eigenvalue weighted by Gasteiger charge is 2.14. The van der Waals surface area contributed by atoms with Gasteiger partial charge in [-0.2, -0.15) is 0 Å². The normalized spacial score (nSPS) is 11.2. The van der Waals surface area contributed by atoms with Crippen molar-refractivity contribution in [3.8, 4) is 0 Å². The van der Waals surface area contributed by atoms with Crippen LogP contribution in [0.1, 0.15) is 29.8 Å². The van der Waals surface area contributed by atoms with Crippen LogP contribution >= 0.6 is 24.0 Å². The molecule has 0 radical (unpaired) electrons. The molecule has 0 spiro atoms.